The van der Waals surface area contributed by atoms with Gasteiger partial charge >= 0.3 is 11.9 Å². The zero-order valence-corrected chi connectivity index (χ0v) is 21.9. The Labute approximate surface area is 236 Å². The van der Waals surface area contributed by atoms with Crippen LogP contribution in [0.3, 0.4) is 0 Å². The first kappa shape index (κ1) is 24.2. The second-order valence-corrected chi connectivity index (χ2v) is 10.7. The van der Waals surface area contributed by atoms with Crippen molar-refractivity contribution in [2.24, 2.45) is 5.92 Å². The predicted molar refractivity (Wildman–Crippen MR) is 147 cm³/mol. The fraction of sp³-hybridized carbons (Fsp3) is 0.212. The van der Waals surface area contributed by atoms with Crippen molar-refractivity contribution in [3.63, 3.8) is 0 Å². The molecule has 204 valence electrons. The second kappa shape index (κ2) is 9.47. The third-order valence-electron chi connectivity index (χ3n) is 8.29. The smallest absolute Gasteiger partial charge is 0.344 e. The molecule has 8 heteroatoms. The second-order valence-electron chi connectivity index (χ2n) is 10.7. The molecule has 3 fully saturated rings. The average Bonchev–Trinajstić information content (AvgIpc) is 3.72. The lowest BCUT2D eigenvalue weighted by Gasteiger charge is -2.22. The molecule has 0 aliphatic carbocycles. The fourth-order valence-electron chi connectivity index (χ4n) is 6.47. The third-order valence-corrected chi connectivity index (χ3v) is 8.29. The van der Waals surface area contributed by atoms with Crippen LogP contribution in [0, 0.1) is 5.92 Å². The van der Waals surface area contributed by atoms with Crippen molar-refractivity contribution in [2.45, 2.75) is 30.8 Å². The lowest BCUT2D eigenvalue weighted by molar-refractivity contribution is -0.677. The van der Waals surface area contributed by atoms with Crippen molar-refractivity contribution in [1.29, 1.82) is 0 Å². The molecule has 5 unspecified atom stereocenters. The van der Waals surface area contributed by atoms with Crippen molar-refractivity contribution in [2.75, 3.05) is 6.61 Å². The van der Waals surface area contributed by atoms with Gasteiger partial charge in [0.15, 0.2) is 18.8 Å². The van der Waals surface area contributed by atoms with E-state index < -0.39 is 18.2 Å². The summed E-state index contributed by atoms with van der Waals surface area (Å²) in [7, 11) is 0. The van der Waals surface area contributed by atoms with Gasteiger partial charge in [-0.05, 0) is 55.0 Å². The van der Waals surface area contributed by atoms with Crippen LogP contribution in [-0.2, 0) is 23.8 Å². The quantitative estimate of drug-likeness (QED) is 0.297. The Bertz CT molecular complexity index is 1610. The van der Waals surface area contributed by atoms with Gasteiger partial charge in [-0.25, -0.2) is 9.69 Å². The lowest BCUT2D eigenvalue weighted by Crippen LogP contribution is -2.95. The Morgan fingerprint density at radius 2 is 1.39 bits per heavy atom. The summed E-state index contributed by atoms with van der Waals surface area (Å²) >= 11 is 0. The summed E-state index contributed by atoms with van der Waals surface area (Å²) in [6.45, 7) is -0.259. The average molecular weight is 549 g/mol. The molecule has 2 bridgehead atoms. The van der Waals surface area contributed by atoms with Gasteiger partial charge in [-0.15, -0.1) is 0 Å². The van der Waals surface area contributed by atoms with E-state index in [0.717, 1.165) is 5.69 Å². The maximum atomic E-state index is 12.4. The number of rotatable bonds is 7. The van der Waals surface area contributed by atoms with Crippen LogP contribution >= 0.6 is 0 Å². The van der Waals surface area contributed by atoms with Crippen LogP contribution in [0.1, 0.15) is 6.42 Å². The highest BCUT2D eigenvalue weighted by Crippen LogP contribution is 2.47. The Morgan fingerprint density at radius 1 is 0.780 bits per heavy atom. The van der Waals surface area contributed by atoms with E-state index in [0.29, 0.717) is 23.7 Å². The summed E-state index contributed by atoms with van der Waals surface area (Å²) in [5.41, 5.74) is 6.12. The van der Waals surface area contributed by atoms with Gasteiger partial charge in [0.2, 0.25) is 0 Å². The number of ether oxygens (including phenoxy) is 5. The largest absolute Gasteiger partial charge is 0.482 e. The Kier molecular flexibility index (Phi) is 5.58. The van der Waals surface area contributed by atoms with Crippen molar-refractivity contribution in [1.82, 2.24) is 0 Å². The molecule has 8 rings (SSSR count). The monoisotopic (exact) mass is 548 g/mol. The lowest BCUT2D eigenvalue weighted by atomic mass is 9.88. The van der Waals surface area contributed by atoms with Crippen LogP contribution in [0.15, 0.2) is 97.1 Å². The maximum absolute atomic E-state index is 12.4. The number of hydrogen-bond acceptors (Lipinski definition) is 7. The Morgan fingerprint density at radius 3 is 2.07 bits per heavy atom. The van der Waals surface area contributed by atoms with Crippen LogP contribution < -0.4 is 14.4 Å². The standard InChI is InChI=1S/C33H25NO7/c35-29(40-31-28-17-25-30(39-28)32(31)41-33(25)36)18-37-20-13-15-22(16-14-20)38-21-11-9-19(10-12-21)34-26-7-3-1-5-23(26)24-6-2-4-8-27(24)34/h1-16,25,28,30-32H,17-18H2/p+1. The van der Waals surface area contributed by atoms with E-state index in [9.17, 15) is 9.59 Å². The minimum absolute atomic E-state index is 0.226. The number of carbonyl (C=O) groups excluding carboxylic acids is 2. The summed E-state index contributed by atoms with van der Waals surface area (Å²) in [4.78, 5) is 25.5. The number of hydrogen-bond donors (Lipinski definition) is 1. The zero-order valence-electron chi connectivity index (χ0n) is 21.9. The van der Waals surface area contributed by atoms with Crippen LogP contribution in [0.4, 0.5) is 17.1 Å². The maximum Gasteiger partial charge on any atom is 0.344 e. The molecule has 0 spiro atoms. The van der Waals surface area contributed by atoms with Gasteiger partial charge < -0.3 is 23.7 Å². The van der Waals surface area contributed by atoms with Crippen LogP contribution in [0.2, 0.25) is 0 Å². The number of fused-ring (bicyclic) bond motifs is 4. The molecule has 4 aliphatic heterocycles. The predicted octanol–water partition coefficient (Wildman–Crippen LogP) is 4.64. The molecule has 0 aromatic heterocycles. The minimum atomic E-state index is -0.572. The first-order valence-electron chi connectivity index (χ1n) is 13.7. The Hall–Kier alpha value is -4.66. The first-order chi connectivity index (χ1) is 20.1. The number of para-hydroxylation sites is 2. The van der Waals surface area contributed by atoms with Gasteiger partial charge in [-0.3, -0.25) is 4.79 Å². The van der Waals surface area contributed by atoms with E-state index in [1.54, 1.807) is 24.3 Å². The SMILES string of the molecule is O=C(COc1ccc(Oc2ccc([NH+]3c4ccccc4-c4ccccc43)cc2)cc1)OC1C2CC3C(=O)OC1C3O2. The summed E-state index contributed by atoms with van der Waals surface area (Å²) < 4.78 is 28.3. The Balaban J connectivity index is 0.885. The van der Waals surface area contributed by atoms with E-state index in [4.69, 9.17) is 23.7 Å². The van der Waals surface area contributed by atoms with Crippen molar-refractivity contribution < 1.29 is 38.2 Å². The normalized spacial score (nSPS) is 25.0. The molecule has 5 atom stereocenters. The van der Waals surface area contributed by atoms with E-state index in [-0.39, 0.29) is 30.7 Å². The molecule has 4 aromatic rings. The highest BCUT2D eigenvalue weighted by atomic mass is 16.7. The minimum Gasteiger partial charge on any atom is -0.482 e. The van der Waals surface area contributed by atoms with Crippen LogP contribution in [0.25, 0.3) is 11.1 Å². The third kappa shape index (κ3) is 4.06. The summed E-state index contributed by atoms with van der Waals surface area (Å²) in [6, 6.07) is 32.2. The molecular weight excluding hydrogens is 522 g/mol. The highest BCUT2D eigenvalue weighted by molar-refractivity contribution is 5.86. The van der Waals surface area contributed by atoms with E-state index in [1.807, 2.05) is 12.1 Å². The first-order valence-corrected chi connectivity index (χ1v) is 13.7. The van der Waals surface area contributed by atoms with Gasteiger partial charge in [-0.1, -0.05) is 24.3 Å². The number of esters is 2. The van der Waals surface area contributed by atoms with Gasteiger partial charge in [0, 0.05) is 35.4 Å². The van der Waals surface area contributed by atoms with E-state index in [2.05, 4.69) is 60.7 Å². The van der Waals surface area contributed by atoms with Gasteiger partial charge in [0.05, 0.1) is 12.0 Å². The topological polar surface area (TPSA) is 84.7 Å². The molecule has 4 aliphatic rings. The van der Waals surface area contributed by atoms with Gasteiger partial charge in [-0.2, -0.15) is 0 Å². The number of benzene rings is 4. The molecule has 1 N–H and O–H groups in total. The van der Waals surface area contributed by atoms with Gasteiger partial charge in [0.25, 0.3) is 0 Å². The van der Waals surface area contributed by atoms with E-state index in [1.165, 1.54) is 27.4 Å². The summed E-state index contributed by atoms with van der Waals surface area (Å²) in [5.74, 6) is 0.853. The summed E-state index contributed by atoms with van der Waals surface area (Å²) in [5, 5.41) is 0. The van der Waals surface area contributed by atoms with Crippen LogP contribution in [-0.4, -0.2) is 43.0 Å². The van der Waals surface area contributed by atoms with Crippen LogP contribution in [0.5, 0.6) is 17.2 Å². The molecule has 0 radical (unpaired) electrons. The van der Waals surface area contributed by atoms with E-state index >= 15 is 0 Å². The number of carbonyl (C=O) groups is 2. The molecular formula is C33H26NO7+. The summed E-state index contributed by atoms with van der Waals surface area (Å²) in [6.07, 6.45) is -1.14. The fourth-order valence-corrected chi connectivity index (χ4v) is 6.47. The molecule has 8 nitrogen and oxygen atoms in total. The van der Waals surface area contributed by atoms with Crippen molar-refractivity contribution in [3.8, 4) is 28.4 Å². The molecule has 3 saturated heterocycles. The van der Waals surface area contributed by atoms with Gasteiger partial charge in [0.1, 0.15) is 40.4 Å². The number of quaternary nitrogens is 1. The number of nitrogens with one attached hydrogen (secondary N) is 1. The molecule has 4 heterocycles. The van der Waals surface area contributed by atoms with Crippen molar-refractivity contribution in [3.05, 3.63) is 97.1 Å². The molecule has 4 aromatic carbocycles. The van der Waals surface area contributed by atoms with Crippen molar-refractivity contribution >= 4 is 29.0 Å². The molecule has 41 heavy (non-hydrogen) atoms. The highest BCUT2D eigenvalue weighted by Gasteiger charge is 2.65. The molecule has 0 amide bonds. The zero-order chi connectivity index (χ0) is 27.5. The molecule has 0 saturated carbocycles.